The summed E-state index contributed by atoms with van der Waals surface area (Å²) in [5, 5.41) is 10.3. The number of carboxylic acids is 1. The van der Waals surface area contributed by atoms with Crippen LogP contribution in [0.25, 0.3) is 0 Å². The topological polar surface area (TPSA) is 53.4 Å². The highest BCUT2D eigenvalue weighted by atomic mass is 32.1. The number of anilines is 1. The average molecular weight is 296 g/mol. The molecule has 1 atom stereocenters. The van der Waals surface area contributed by atoms with Gasteiger partial charge in [0.2, 0.25) is 0 Å². The van der Waals surface area contributed by atoms with Crippen LogP contribution in [0.1, 0.15) is 67.7 Å². The standard InChI is InChI=1S/C15H24N2O2S/c1-4-10(3)12-13(14(18)19)20-15(16-12)17(5-2)9-11-7-6-8-11/h10-11H,4-9H2,1-3H3,(H,18,19). The minimum Gasteiger partial charge on any atom is -0.477 e. The summed E-state index contributed by atoms with van der Waals surface area (Å²) in [6, 6.07) is 0. The van der Waals surface area contributed by atoms with Crippen LogP contribution in [0.15, 0.2) is 0 Å². The molecule has 112 valence electrons. The fourth-order valence-electron chi connectivity index (χ4n) is 2.47. The quantitative estimate of drug-likeness (QED) is 0.827. The smallest absolute Gasteiger partial charge is 0.347 e. The van der Waals surface area contributed by atoms with Crippen LogP contribution in [-0.2, 0) is 0 Å². The average Bonchev–Trinajstić information content (AvgIpc) is 2.82. The summed E-state index contributed by atoms with van der Waals surface area (Å²) in [6.07, 6.45) is 4.84. The van der Waals surface area contributed by atoms with Crippen molar-refractivity contribution in [3.63, 3.8) is 0 Å². The van der Waals surface area contributed by atoms with Crippen molar-refractivity contribution >= 4 is 22.4 Å². The van der Waals surface area contributed by atoms with Crippen molar-refractivity contribution in [2.75, 3.05) is 18.0 Å². The van der Waals surface area contributed by atoms with Crippen molar-refractivity contribution in [1.29, 1.82) is 0 Å². The van der Waals surface area contributed by atoms with Crippen LogP contribution in [0.3, 0.4) is 0 Å². The molecule has 1 aromatic heterocycles. The first kappa shape index (κ1) is 15.3. The Morgan fingerprint density at radius 2 is 2.20 bits per heavy atom. The van der Waals surface area contributed by atoms with Crippen LogP contribution in [-0.4, -0.2) is 29.1 Å². The van der Waals surface area contributed by atoms with Crippen LogP contribution < -0.4 is 4.90 Å². The SMILES string of the molecule is CCC(C)c1nc(N(CC)CC2CCC2)sc1C(=O)O. The van der Waals surface area contributed by atoms with E-state index >= 15 is 0 Å². The van der Waals surface area contributed by atoms with Gasteiger partial charge in [0.15, 0.2) is 5.13 Å². The number of nitrogens with zero attached hydrogens (tertiary/aromatic N) is 2. The van der Waals surface area contributed by atoms with Gasteiger partial charge in [-0.15, -0.1) is 0 Å². The van der Waals surface area contributed by atoms with E-state index in [9.17, 15) is 9.90 Å². The van der Waals surface area contributed by atoms with Gasteiger partial charge in [-0.1, -0.05) is 31.6 Å². The Bertz CT molecular complexity index is 468. The third-order valence-corrected chi connectivity index (χ3v) is 5.39. The van der Waals surface area contributed by atoms with E-state index in [0.717, 1.165) is 36.3 Å². The molecule has 0 spiro atoms. The fraction of sp³-hybridized carbons (Fsp3) is 0.733. The van der Waals surface area contributed by atoms with Gasteiger partial charge in [-0.3, -0.25) is 0 Å². The summed E-state index contributed by atoms with van der Waals surface area (Å²) >= 11 is 1.34. The highest BCUT2D eigenvalue weighted by Gasteiger charge is 2.26. The highest BCUT2D eigenvalue weighted by Crippen LogP contribution is 2.34. The summed E-state index contributed by atoms with van der Waals surface area (Å²) in [5.41, 5.74) is 0.757. The highest BCUT2D eigenvalue weighted by molar-refractivity contribution is 7.17. The minimum absolute atomic E-state index is 0.202. The van der Waals surface area contributed by atoms with Gasteiger partial charge < -0.3 is 10.0 Å². The molecule has 1 unspecified atom stereocenters. The summed E-state index contributed by atoms with van der Waals surface area (Å²) in [6.45, 7) is 8.14. The van der Waals surface area contributed by atoms with Gasteiger partial charge in [0.25, 0.3) is 0 Å². The van der Waals surface area contributed by atoms with E-state index in [0.29, 0.717) is 4.88 Å². The van der Waals surface area contributed by atoms with Crippen molar-refractivity contribution in [2.45, 2.75) is 52.4 Å². The lowest BCUT2D eigenvalue weighted by Gasteiger charge is -2.31. The molecule has 4 nitrogen and oxygen atoms in total. The molecule has 2 rings (SSSR count). The first-order chi connectivity index (χ1) is 9.56. The Kier molecular flexibility index (Phi) is 5.02. The number of carbonyl (C=O) groups is 1. The fourth-order valence-corrected chi connectivity index (χ4v) is 3.56. The molecule has 0 aromatic carbocycles. The van der Waals surface area contributed by atoms with Crippen LogP contribution in [0.5, 0.6) is 0 Å². The molecule has 20 heavy (non-hydrogen) atoms. The normalized spacial score (nSPS) is 16.8. The molecule has 0 bridgehead atoms. The van der Waals surface area contributed by atoms with Crippen LogP contribution in [0.4, 0.5) is 5.13 Å². The molecule has 1 aromatic rings. The zero-order valence-electron chi connectivity index (χ0n) is 12.6. The van der Waals surface area contributed by atoms with Crippen LogP contribution in [0.2, 0.25) is 0 Å². The molecule has 1 N–H and O–H groups in total. The third kappa shape index (κ3) is 3.14. The zero-order chi connectivity index (χ0) is 14.7. The molecule has 1 aliphatic rings. The molecule has 0 amide bonds. The number of thiazole rings is 1. The molecule has 0 saturated heterocycles. The second kappa shape index (κ2) is 6.57. The third-order valence-electron chi connectivity index (χ3n) is 4.27. The zero-order valence-corrected chi connectivity index (χ0v) is 13.4. The predicted octanol–water partition coefficient (Wildman–Crippen LogP) is 3.98. The Labute approximate surface area is 124 Å². The van der Waals surface area contributed by atoms with E-state index in [1.807, 2.05) is 6.92 Å². The van der Waals surface area contributed by atoms with Gasteiger partial charge in [0.1, 0.15) is 4.88 Å². The Balaban J connectivity index is 2.23. The van der Waals surface area contributed by atoms with Crippen molar-refractivity contribution in [3.05, 3.63) is 10.6 Å². The van der Waals surface area contributed by atoms with Gasteiger partial charge in [0, 0.05) is 13.1 Å². The second-order valence-corrected chi connectivity index (χ2v) is 6.64. The molecular weight excluding hydrogens is 272 g/mol. The second-order valence-electron chi connectivity index (χ2n) is 5.66. The summed E-state index contributed by atoms with van der Waals surface area (Å²) in [4.78, 5) is 18.7. The molecule has 1 aliphatic carbocycles. The number of hydrogen-bond acceptors (Lipinski definition) is 4. The molecule has 1 heterocycles. The van der Waals surface area contributed by atoms with E-state index in [-0.39, 0.29) is 5.92 Å². The molecule has 0 aliphatic heterocycles. The van der Waals surface area contributed by atoms with E-state index in [1.165, 1.54) is 30.6 Å². The lowest BCUT2D eigenvalue weighted by molar-refractivity contribution is 0.0700. The van der Waals surface area contributed by atoms with E-state index in [4.69, 9.17) is 0 Å². The number of carboxylic acid groups (broad SMARTS) is 1. The van der Waals surface area contributed by atoms with E-state index in [2.05, 4.69) is 23.7 Å². The van der Waals surface area contributed by atoms with Crippen LogP contribution >= 0.6 is 11.3 Å². The summed E-state index contributed by atoms with van der Waals surface area (Å²) in [5.74, 6) is 0.122. The van der Waals surface area contributed by atoms with Gasteiger partial charge in [0.05, 0.1) is 5.69 Å². The maximum atomic E-state index is 11.4. The van der Waals surface area contributed by atoms with Crippen molar-refractivity contribution in [1.82, 2.24) is 4.98 Å². The van der Waals surface area contributed by atoms with Crippen molar-refractivity contribution in [2.24, 2.45) is 5.92 Å². The monoisotopic (exact) mass is 296 g/mol. The van der Waals surface area contributed by atoms with Gasteiger partial charge >= 0.3 is 5.97 Å². The first-order valence-electron chi connectivity index (χ1n) is 7.55. The lowest BCUT2D eigenvalue weighted by Crippen LogP contribution is -2.32. The van der Waals surface area contributed by atoms with E-state index in [1.54, 1.807) is 0 Å². The maximum Gasteiger partial charge on any atom is 0.347 e. The number of aromatic carboxylic acids is 1. The molecular formula is C15H24N2O2S. The Morgan fingerprint density at radius 3 is 2.65 bits per heavy atom. The van der Waals surface area contributed by atoms with Gasteiger partial charge in [-0.2, -0.15) is 0 Å². The molecule has 0 radical (unpaired) electrons. The lowest BCUT2D eigenvalue weighted by atomic mass is 9.85. The molecule has 1 saturated carbocycles. The minimum atomic E-state index is -0.844. The first-order valence-corrected chi connectivity index (χ1v) is 8.37. The maximum absolute atomic E-state index is 11.4. The van der Waals surface area contributed by atoms with Gasteiger partial charge in [-0.05, 0) is 38.0 Å². The Hall–Kier alpha value is -1.10. The number of rotatable bonds is 7. The summed E-state index contributed by atoms with van der Waals surface area (Å²) < 4.78 is 0. The van der Waals surface area contributed by atoms with Crippen LogP contribution in [0, 0.1) is 5.92 Å². The molecule has 5 heteroatoms. The summed E-state index contributed by atoms with van der Waals surface area (Å²) in [7, 11) is 0. The van der Waals surface area contributed by atoms with Crippen molar-refractivity contribution in [3.8, 4) is 0 Å². The largest absolute Gasteiger partial charge is 0.477 e. The molecule has 1 fully saturated rings. The van der Waals surface area contributed by atoms with E-state index < -0.39 is 5.97 Å². The predicted molar refractivity (Wildman–Crippen MR) is 83.0 cm³/mol. The van der Waals surface area contributed by atoms with Crippen molar-refractivity contribution < 1.29 is 9.90 Å². The Morgan fingerprint density at radius 1 is 1.50 bits per heavy atom. The number of aromatic nitrogens is 1. The number of hydrogen-bond donors (Lipinski definition) is 1. The van der Waals surface area contributed by atoms with Gasteiger partial charge in [-0.25, -0.2) is 9.78 Å².